The van der Waals surface area contributed by atoms with Crippen molar-refractivity contribution >= 4 is 5.69 Å². The standard InChI is InChI=1S/C13H19N3O/c1-17-13-5-2-10(8-14-13)15-11-6-7-16(9-11)12-3-4-12/h2,5,8,11-12,15H,3-4,6-7,9H2,1H3. The number of methoxy groups -OCH3 is 1. The van der Waals surface area contributed by atoms with Gasteiger partial charge in [-0.15, -0.1) is 0 Å². The molecule has 1 aromatic rings. The van der Waals surface area contributed by atoms with E-state index in [1.165, 1.54) is 32.4 Å². The van der Waals surface area contributed by atoms with Gasteiger partial charge >= 0.3 is 0 Å². The monoisotopic (exact) mass is 233 g/mol. The Balaban J connectivity index is 1.55. The van der Waals surface area contributed by atoms with Crippen LogP contribution in [0.4, 0.5) is 5.69 Å². The van der Waals surface area contributed by atoms with Crippen LogP contribution in [0.1, 0.15) is 19.3 Å². The van der Waals surface area contributed by atoms with Crippen LogP contribution < -0.4 is 10.1 Å². The van der Waals surface area contributed by atoms with Crippen molar-refractivity contribution in [2.45, 2.75) is 31.3 Å². The molecule has 0 amide bonds. The quantitative estimate of drug-likeness (QED) is 0.859. The van der Waals surface area contributed by atoms with Gasteiger partial charge in [0.2, 0.25) is 5.88 Å². The summed E-state index contributed by atoms with van der Waals surface area (Å²) in [6.07, 6.45) is 5.88. The molecule has 3 rings (SSSR count). The van der Waals surface area contributed by atoms with Gasteiger partial charge in [-0.3, -0.25) is 4.90 Å². The van der Waals surface area contributed by atoms with Crippen LogP contribution in [0.15, 0.2) is 18.3 Å². The molecule has 1 aliphatic carbocycles. The zero-order chi connectivity index (χ0) is 11.7. The zero-order valence-corrected chi connectivity index (χ0v) is 10.2. The summed E-state index contributed by atoms with van der Waals surface area (Å²) in [5.41, 5.74) is 1.09. The third-order valence-corrected chi connectivity index (χ3v) is 3.60. The fraction of sp³-hybridized carbons (Fsp3) is 0.615. The molecular weight excluding hydrogens is 214 g/mol. The molecule has 17 heavy (non-hydrogen) atoms. The van der Waals surface area contributed by atoms with Crippen LogP contribution in [-0.4, -0.2) is 42.2 Å². The van der Waals surface area contributed by atoms with Crippen molar-refractivity contribution in [3.63, 3.8) is 0 Å². The first-order valence-corrected chi connectivity index (χ1v) is 6.36. The Morgan fingerprint density at radius 3 is 2.88 bits per heavy atom. The molecule has 1 aliphatic heterocycles. The smallest absolute Gasteiger partial charge is 0.213 e. The SMILES string of the molecule is COc1ccc(NC2CCN(C3CC3)C2)cn1. The topological polar surface area (TPSA) is 37.4 Å². The lowest BCUT2D eigenvalue weighted by atomic mass is 10.2. The third kappa shape index (κ3) is 2.52. The molecule has 2 fully saturated rings. The highest BCUT2D eigenvalue weighted by Crippen LogP contribution is 2.30. The predicted molar refractivity (Wildman–Crippen MR) is 67.4 cm³/mol. The second-order valence-corrected chi connectivity index (χ2v) is 4.95. The normalized spacial score (nSPS) is 24.9. The molecule has 4 nitrogen and oxygen atoms in total. The number of hydrogen-bond donors (Lipinski definition) is 1. The van der Waals surface area contributed by atoms with E-state index in [-0.39, 0.29) is 0 Å². The Morgan fingerprint density at radius 2 is 2.24 bits per heavy atom. The van der Waals surface area contributed by atoms with Crippen molar-refractivity contribution in [1.82, 2.24) is 9.88 Å². The molecule has 1 N–H and O–H groups in total. The van der Waals surface area contributed by atoms with Crippen molar-refractivity contribution in [3.8, 4) is 5.88 Å². The van der Waals surface area contributed by atoms with Gasteiger partial charge in [0.1, 0.15) is 0 Å². The second-order valence-electron chi connectivity index (χ2n) is 4.95. The molecule has 1 saturated carbocycles. The van der Waals surface area contributed by atoms with Gasteiger partial charge in [0, 0.05) is 31.2 Å². The summed E-state index contributed by atoms with van der Waals surface area (Å²) >= 11 is 0. The number of likely N-dealkylation sites (tertiary alicyclic amines) is 1. The minimum Gasteiger partial charge on any atom is -0.481 e. The van der Waals surface area contributed by atoms with Crippen molar-refractivity contribution in [1.29, 1.82) is 0 Å². The Morgan fingerprint density at radius 1 is 1.35 bits per heavy atom. The first-order chi connectivity index (χ1) is 8.35. The van der Waals surface area contributed by atoms with Gasteiger partial charge in [-0.2, -0.15) is 0 Å². The van der Waals surface area contributed by atoms with E-state index in [2.05, 4.69) is 15.2 Å². The third-order valence-electron chi connectivity index (χ3n) is 3.60. The molecule has 1 saturated heterocycles. The summed E-state index contributed by atoms with van der Waals surface area (Å²) in [7, 11) is 1.64. The summed E-state index contributed by atoms with van der Waals surface area (Å²) in [5.74, 6) is 0.668. The largest absolute Gasteiger partial charge is 0.481 e. The Bertz CT molecular complexity index is 375. The van der Waals surface area contributed by atoms with Gasteiger partial charge in [-0.05, 0) is 25.3 Å². The fourth-order valence-electron chi connectivity index (χ4n) is 2.50. The molecule has 0 aromatic carbocycles. The summed E-state index contributed by atoms with van der Waals surface area (Å²) in [6, 6.07) is 5.39. The molecule has 1 aromatic heterocycles. The Kier molecular flexibility index (Phi) is 2.89. The molecule has 0 radical (unpaired) electrons. The van der Waals surface area contributed by atoms with E-state index >= 15 is 0 Å². The van der Waals surface area contributed by atoms with Crippen LogP contribution in [0.2, 0.25) is 0 Å². The minimum absolute atomic E-state index is 0.575. The molecule has 1 atom stereocenters. The van der Waals surface area contributed by atoms with E-state index in [0.29, 0.717) is 11.9 Å². The Labute approximate surface area is 102 Å². The van der Waals surface area contributed by atoms with Gasteiger partial charge in [-0.1, -0.05) is 0 Å². The summed E-state index contributed by atoms with van der Waals surface area (Å²) in [6.45, 7) is 2.42. The maximum Gasteiger partial charge on any atom is 0.213 e. The molecule has 2 aliphatic rings. The first-order valence-electron chi connectivity index (χ1n) is 6.36. The molecule has 0 bridgehead atoms. The van der Waals surface area contributed by atoms with E-state index in [1.54, 1.807) is 7.11 Å². The van der Waals surface area contributed by atoms with Gasteiger partial charge in [0.25, 0.3) is 0 Å². The van der Waals surface area contributed by atoms with Crippen molar-refractivity contribution in [3.05, 3.63) is 18.3 Å². The molecule has 4 heteroatoms. The van der Waals surface area contributed by atoms with Gasteiger partial charge in [-0.25, -0.2) is 4.98 Å². The predicted octanol–water partition coefficient (Wildman–Crippen LogP) is 1.74. The van der Waals surface area contributed by atoms with Crippen LogP contribution in [0, 0.1) is 0 Å². The van der Waals surface area contributed by atoms with Crippen molar-refractivity contribution in [2.24, 2.45) is 0 Å². The number of anilines is 1. The van der Waals surface area contributed by atoms with Crippen LogP contribution >= 0.6 is 0 Å². The van der Waals surface area contributed by atoms with Crippen LogP contribution in [0.3, 0.4) is 0 Å². The van der Waals surface area contributed by atoms with Crippen LogP contribution in [0.5, 0.6) is 5.88 Å². The number of hydrogen-bond acceptors (Lipinski definition) is 4. The van der Waals surface area contributed by atoms with Crippen LogP contribution in [-0.2, 0) is 0 Å². The highest BCUT2D eigenvalue weighted by atomic mass is 16.5. The number of aromatic nitrogens is 1. The maximum absolute atomic E-state index is 5.05. The maximum atomic E-state index is 5.05. The second kappa shape index (κ2) is 4.53. The number of rotatable bonds is 4. The lowest BCUT2D eigenvalue weighted by molar-refractivity contribution is 0.326. The van der Waals surface area contributed by atoms with Crippen LogP contribution in [0.25, 0.3) is 0 Å². The van der Waals surface area contributed by atoms with Crippen molar-refractivity contribution in [2.75, 3.05) is 25.5 Å². The lowest BCUT2D eigenvalue weighted by Crippen LogP contribution is -2.27. The van der Waals surface area contributed by atoms with E-state index < -0.39 is 0 Å². The fourth-order valence-corrected chi connectivity index (χ4v) is 2.50. The van der Waals surface area contributed by atoms with Crippen molar-refractivity contribution < 1.29 is 4.74 Å². The lowest BCUT2D eigenvalue weighted by Gasteiger charge is -2.16. The van der Waals surface area contributed by atoms with E-state index in [0.717, 1.165) is 11.7 Å². The average Bonchev–Trinajstić information content (AvgIpc) is 3.12. The highest BCUT2D eigenvalue weighted by Gasteiger charge is 2.34. The van der Waals surface area contributed by atoms with E-state index in [9.17, 15) is 0 Å². The minimum atomic E-state index is 0.575. The van der Waals surface area contributed by atoms with E-state index in [4.69, 9.17) is 4.74 Å². The molecule has 0 spiro atoms. The van der Waals surface area contributed by atoms with Gasteiger partial charge in [0.05, 0.1) is 19.0 Å². The molecule has 1 unspecified atom stereocenters. The number of ether oxygens (including phenoxy) is 1. The molecular formula is C13H19N3O. The van der Waals surface area contributed by atoms with E-state index in [1.807, 2.05) is 18.3 Å². The van der Waals surface area contributed by atoms with Gasteiger partial charge < -0.3 is 10.1 Å². The summed E-state index contributed by atoms with van der Waals surface area (Å²) in [5, 5.41) is 3.55. The van der Waals surface area contributed by atoms with Gasteiger partial charge in [0.15, 0.2) is 0 Å². The highest BCUT2D eigenvalue weighted by molar-refractivity contribution is 5.43. The first kappa shape index (κ1) is 10.8. The zero-order valence-electron chi connectivity index (χ0n) is 10.2. The average molecular weight is 233 g/mol. The molecule has 2 heterocycles. The molecule has 92 valence electrons. The summed E-state index contributed by atoms with van der Waals surface area (Å²) in [4.78, 5) is 6.81. The Hall–Kier alpha value is -1.29. The number of nitrogens with one attached hydrogen (secondary N) is 1. The number of nitrogens with zero attached hydrogens (tertiary/aromatic N) is 2. The number of pyridine rings is 1. The summed E-state index contributed by atoms with van der Waals surface area (Å²) < 4.78 is 5.05.